The highest BCUT2D eigenvalue weighted by atomic mass is 19.1. The fourth-order valence-electron chi connectivity index (χ4n) is 2.73. The Morgan fingerprint density at radius 2 is 1.90 bits per heavy atom. The van der Waals surface area contributed by atoms with Gasteiger partial charge in [-0.15, -0.1) is 0 Å². The maximum atomic E-state index is 14.2. The lowest BCUT2D eigenvalue weighted by Crippen LogP contribution is -2.55. The summed E-state index contributed by atoms with van der Waals surface area (Å²) in [6, 6.07) is 4.98. The van der Waals surface area contributed by atoms with Gasteiger partial charge in [0.2, 0.25) is 0 Å². The second-order valence-corrected chi connectivity index (χ2v) is 5.10. The van der Waals surface area contributed by atoms with Crippen molar-refractivity contribution in [3.8, 4) is 5.75 Å². The highest BCUT2D eigenvalue weighted by Gasteiger charge is 2.56. The smallest absolute Gasteiger partial charge is 0.338 e. The van der Waals surface area contributed by atoms with Crippen molar-refractivity contribution in [1.82, 2.24) is 0 Å². The summed E-state index contributed by atoms with van der Waals surface area (Å²) in [5.41, 5.74) is -0.242. The number of hydrogen-bond donors (Lipinski definition) is 5. The van der Waals surface area contributed by atoms with Crippen molar-refractivity contribution in [2.24, 2.45) is 0 Å². The summed E-state index contributed by atoms with van der Waals surface area (Å²) in [5.74, 6) is -7.82. The number of halogens is 1. The minimum atomic E-state index is -3.70. The lowest BCUT2D eigenvalue weighted by atomic mass is 9.87. The fraction of sp³-hybridized carbons (Fsp3) is 0.286. The van der Waals surface area contributed by atoms with Crippen LogP contribution in [0.25, 0.3) is 10.8 Å². The largest absolute Gasteiger partial charge is 0.508 e. The zero-order valence-electron chi connectivity index (χ0n) is 10.9. The zero-order valence-corrected chi connectivity index (χ0v) is 10.9. The van der Waals surface area contributed by atoms with E-state index in [1.165, 1.54) is 25.1 Å². The standard InChI is InChI=1S/C14H13FO6/c1-6-9-5-8(16)4-7-2-3-10(15)12(11(7)9)13(17,21-6)14(18,19)20/h2-6,16-20H,1H3. The summed E-state index contributed by atoms with van der Waals surface area (Å²) in [6.07, 6.45) is -0.926. The van der Waals surface area contributed by atoms with Crippen LogP contribution in [0.2, 0.25) is 0 Å². The molecule has 112 valence electrons. The molecule has 2 aromatic carbocycles. The van der Waals surface area contributed by atoms with Crippen molar-refractivity contribution in [3.63, 3.8) is 0 Å². The van der Waals surface area contributed by atoms with Crippen LogP contribution in [0.1, 0.15) is 24.2 Å². The van der Waals surface area contributed by atoms with E-state index < -0.39 is 29.2 Å². The van der Waals surface area contributed by atoms with Gasteiger partial charge in [-0.25, -0.2) is 4.39 Å². The second-order valence-electron chi connectivity index (χ2n) is 5.10. The molecule has 0 saturated heterocycles. The fourth-order valence-corrected chi connectivity index (χ4v) is 2.73. The summed E-state index contributed by atoms with van der Waals surface area (Å²) in [6.45, 7) is 1.46. The van der Waals surface area contributed by atoms with E-state index in [1.54, 1.807) is 0 Å². The van der Waals surface area contributed by atoms with Gasteiger partial charge in [0.1, 0.15) is 11.6 Å². The average Bonchev–Trinajstić information content (AvgIpc) is 2.35. The Kier molecular flexibility index (Phi) is 2.78. The van der Waals surface area contributed by atoms with Gasteiger partial charge in [-0.3, -0.25) is 0 Å². The molecule has 0 bridgehead atoms. The van der Waals surface area contributed by atoms with Gasteiger partial charge in [-0.1, -0.05) is 6.07 Å². The van der Waals surface area contributed by atoms with Crippen LogP contribution in [0.4, 0.5) is 4.39 Å². The Balaban J connectivity index is 2.49. The molecule has 3 rings (SSSR count). The summed E-state index contributed by atoms with van der Waals surface area (Å²) in [4.78, 5) is 0. The molecule has 2 atom stereocenters. The van der Waals surface area contributed by atoms with Crippen molar-refractivity contribution < 1.29 is 34.7 Å². The third-order valence-electron chi connectivity index (χ3n) is 3.66. The first-order chi connectivity index (χ1) is 9.65. The molecule has 0 amide bonds. The molecular weight excluding hydrogens is 283 g/mol. The Morgan fingerprint density at radius 3 is 2.52 bits per heavy atom. The van der Waals surface area contributed by atoms with Crippen molar-refractivity contribution >= 4 is 10.8 Å². The van der Waals surface area contributed by atoms with Crippen molar-refractivity contribution in [2.75, 3.05) is 0 Å². The molecule has 1 heterocycles. The Morgan fingerprint density at radius 1 is 1.24 bits per heavy atom. The molecule has 1 aliphatic rings. The van der Waals surface area contributed by atoms with Crippen LogP contribution in [-0.4, -0.2) is 31.5 Å². The highest BCUT2D eigenvalue weighted by Crippen LogP contribution is 2.48. The first kappa shape index (κ1) is 14.2. The van der Waals surface area contributed by atoms with Gasteiger partial charge in [0.15, 0.2) is 0 Å². The quantitative estimate of drug-likeness (QED) is 0.492. The number of aromatic hydroxyl groups is 1. The van der Waals surface area contributed by atoms with Crippen LogP contribution in [0, 0.1) is 5.82 Å². The molecular formula is C14H13FO6. The van der Waals surface area contributed by atoms with E-state index in [-0.39, 0.29) is 11.1 Å². The van der Waals surface area contributed by atoms with E-state index in [2.05, 4.69) is 0 Å². The van der Waals surface area contributed by atoms with Crippen molar-refractivity contribution in [1.29, 1.82) is 0 Å². The number of hydrogen-bond acceptors (Lipinski definition) is 6. The van der Waals surface area contributed by atoms with E-state index in [1.807, 2.05) is 0 Å². The van der Waals surface area contributed by atoms with Gasteiger partial charge in [0, 0.05) is 0 Å². The summed E-state index contributed by atoms with van der Waals surface area (Å²) < 4.78 is 19.2. The van der Waals surface area contributed by atoms with Crippen LogP contribution in [-0.2, 0) is 10.5 Å². The molecule has 0 radical (unpaired) electrons. The van der Waals surface area contributed by atoms with Crippen LogP contribution in [0.15, 0.2) is 24.3 Å². The molecule has 0 saturated carbocycles. The number of ether oxygens (including phenoxy) is 1. The third kappa shape index (κ3) is 1.83. The molecule has 0 spiro atoms. The monoisotopic (exact) mass is 296 g/mol. The maximum Gasteiger partial charge on any atom is 0.338 e. The highest BCUT2D eigenvalue weighted by molar-refractivity contribution is 5.92. The van der Waals surface area contributed by atoms with Gasteiger partial charge >= 0.3 is 5.97 Å². The molecule has 2 unspecified atom stereocenters. The van der Waals surface area contributed by atoms with Gasteiger partial charge in [0.05, 0.1) is 11.7 Å². The van der Waals surface area contributed by atoms with Gasteiger partial charge in [-0.05, 0) is 41.5 Å². The first-order valence-corrected chi connectivity index (χ1v) is 6.18. The molecule has 0 fully saturated rings. The number of aliphatic hydroxyl groups is 4. The number of rotatable bonds is 1. The summed E-state index contributed by atoms with van der Waals surface area (Å²) >= 11 is 0. The average molecular weight is 296 g/mol. The van der Waals surface area contributed by atoms with E-state index in [9.17, 15) is 29.9 Å². The molecule has 0 aromatic heterocycles. The van der Waals surface area contributed by atoms with Gasteiger partial charge in [0.25, 0.3) is 5.79 Å². The minimum absolute atomic E-state index is 0.0841. The predicted molar refractivity (Wildman–Crippen MR) is 68.4 cm³/mol. The normalized spacial score (nSPS) is 25.3. The van der Waals surface area contributed by atoms with E-state index in [4.69, 9.17) is 4.74 Å². The van der Waals surface area contributed by atoms with Crippen LogP contribution in [0.5, 0.6) is 5.75 Å². The van der Waals surface area contributed by atoms with Crippen molar-refractivity contribution in [3.05, 3.63) is 41.2 Å². The minimum Gasteiger partial charge on any atom is -0.508 e. The summed E-state index contributed by atoms with van der Waals surface area (Å²) in [7, 11) is 0. The predicted octanol–water partition coefficient (Wildman–Crippen LogP) is 0.551. The SMILES string of the molecule is CC1OC(O)(C(O)(O)O)c2c(F)ccc3cc(O)cc1c23. The lowest BCUT2D eigenvalue weighted by Gasteiger charge is -2.41. The van der Waals surface area contributed by atoms with E-state index in [0.717, 1.165) is 6.07 Å². The number of phenolic OH excluding ortho intramolecular Hbond substituents is 1. The van der Waals surface area contributed by atoms with Crippen molar-refractivity contribution in [2.45, 2.75) is 24.8 Å². The second kappa shape index (κ2) is 4.12. The van der Waals surface area contributed by atoms with E-state index in [0.29, 0.717) is 10.9 Å². The van der Waals surface area contributed by atoms with Crippen LogP contribution < -0.4 is 0 Å². The topological polar surface area (TPSA) is 110 Å². The van der Waals surface area contributed by atoms with Gasteiger partial charge in [-0.2, -0.15) is 0 Å². The lowest BCUT2D eigenvalue weighted by molar-refractivity contribution is -0.472. The zero-order chi connectivity index (χ0) is 15.6. The molecule has 6 nitrogen and oxygen atoms in total. The third-order valence-corrected chi connectivity index (χ3v) is 3.66. The Hall–Kier alpha value is -1.77. The molecule has 1 aliphatic heterocycles. The maximum absolute atomic E-state index is 14.2. The molecule has 21 heavy (non-hydrogen) atoms. The first-order valence-electron chi connectivity index (χ1n) is 6.18. The molecule has 5 N–H and O–H groups in total. The summed E-state index contributed by atoms with van der Waals surface area (Å²) in [5, 5.41) is 48.7. The van der Waals surface area contributed by atoms with E-state index >= 15 is 0 Å². The Labute approximate surface area is 118 Å². The Bertz CT molecular complexity index is 738. The molecule has 2 aromatic rings. The molecule has 7 heteroatoms. The van der Waals surface area contributed by atoms with Crippen LogP contribution >= 0.6 is 0 Å². The number of phenols is 1. The van der Waals surface area contributed by atoms with Gasteiger partial charge < -0.3 is 30.3 Å². The molecule has 0 aliphatic carbocycles. The van der Waals surface area contributed by atoms with Crippen LogP contribution in [0.3, 0.4) is 0 Å². The number of benzene rings is 2.